The zero-order chi connectivity index (χ0) is 21.5. The molecule has 3 aromatic rings. The molecule has 1 unspecified atom stereocenters. The van der Waals surface area contributed by atoms with E-state index in [1.807, 2.05) is 24.3 Å². The van der Waals surface area contributed by atoms with Crippen LogP contribution in [0.1, 0.15) is 18.4 Å². The van der Waals surface area contributed by atoms with Crippen molar-refractivity contribution in [2.75, 3.05) is 20.8 Å². The molecule has 0 bridgehead atoms. The summed E-state index contributed by atoms with van der Waals surface area (Å²) in [6.45, 7) is 2.09. The van der Waals surface area contributed by atoms with E-state index in [1.165, 1.54) is 4.90 Å². The normalized spacial score (nSPS) is 11.7. The number of carbonyl (C=O) groups excluding carboxylic acids is 2. The van der Waals surface area contributed by atoms with Gasteiger partial charge >= 0.3 is 5.97 Å². The van der Waals surface area contributed by atoms with Crippen LogP contribution in [-0.4, -0.2) is 48.6 Å². The molecule has 0 saturated carbocycles. The van der Waals surface area contributed by atoms with Crippen molar-refractivity contribution >= 4 is 33.4 Å². The summed E-state index contributed by atoms with van der Waals surface area (Å²) in [7, 11) is 3.26. The first kappa shape index (κ1) is 21.6. The van der Waals surface area contributed by atoms with E-state index in [0.29, 0.717) is 12.3 Å². The van der Waals surface area contributed by atoms with E-state index in [0.717, 1.165) is 21.0 Å². The van der Waals surface area contributed by atoms with Crippen LogP contribution in [0.2, 0.25) is 0 Å². The van der Waals surface area contributed by atoms with Crippen LogP contribution in [0.25, 0.3) is 10.2 Å². The van der Waals surface area contributed by atoms with Gasteiger partial charge in [0, 0.05) is 7.05 Å². The Morgan fingerprint density at radius 1 is 1.10 bits per heavy atom. The molecule has 0 aliphatic rings. The van der Waals surface area contributed by atoms with Gasteiger partial charge in [0.15, 0.2) is 6.10 Å². The molecule has 2 aromatic carbocycles. The molecule has 8 heteroatoms. The van der Waals surface area contributed by atoms with Crippen molar-refractivity contribution in [1.82, 2.24) is 9.88 Å². The van der Waals surface area contributed by atoms with Gasteiger partial charge in [-0.1, -0.05) is 12.1 Å². The number of aromatic nitrogens is 1. The molecule has 158 valence electrons. The number of hydrogen-bond acceptors (Lipinski definition) is 7. The van der Waals surface area contributed by atoms with Crippen molar-refractivity contribution < 1.29 is 23.8 Å². The second-order valence-corrected chi connectivity index (χ2v) is 7.79. The van der Waals surface area contributed by atoms with Gasteiger partial charge in [0.25, 0.3) is 5.91 Å². The fourth-order valence-electron chi connectivity index (χ4n) is 2.81. The lowest BCUT2D eigenvalue weighted by Crippen LogP contribution is -2.37. The molecule has 1 aromatic heterocycles. The quantitative estimate of drug-likeness (QED) is 0.484. The summed E-state index contributed by atoms with van der Waals surface area (Å²) >= 11 is 1.54. The highest BCUT2D eigenvalue weighted by Gasteiger charge is 2.22. The van der Waals surface area contributed by atoms with Crippen molar-refractivity contribution in [3.05, 3.63) is 53.5 Å². The molecule has 0 radical (unpaired) electrons. The summed E-state index contributed by atoms with van der Waals surface area (Å²) in [6.07, 6.45) is -0.830. The van der Waals surface area contributed by atoms with Crippen molar-refractivity contribution in [2.24, 2.45) is 0 Å². The summed E-state index contributed by atoms with van der Waals surface area (Å²) in [5.74, 6) is 0.587. The molecule has 0 aliphatic heterocycles. The van der Waals surface area contributed by atoms with Crippen LogP contribution >= 0.6 is 11.3 Å². The lowest BCUT2D eigenvalue weighted by Gasteiger charge is -2.20. The number of rotatable bonds is 9. The van der Waals surface area contributed by atoms with E-state index in [-0.39, 0.29) is 18.9 Å². The van der Waals surface area contributed by atoms with E-state index in [1.54, 1.807) is 56.7 Å². The van der Waals surface area contributed by atoms with Gasteiger partial charge < -0.3 is 19.1 Å². The van der Waals surface area contributed by atoms with Crippen molar-refractivity contribution in [1.29, 1.82) is 0 Å². The third kappa shape index (κ3) is 5.70. The van der Waals surface area contributed by atoms with Crippen molar-refractivity contribution in [3.8, 4) is 11.5 Å². The number of para-hydroxylation sites is 1. The minimum Gasteiger partial charge on any atom is -0.497 e. The molecule has 1 atom stereocenters. The Balaban J connectivity index is 1.43. The molecular weight excluding hydrogens is 404 g/mol. The molecule has 1 amide bonds. The van der Waals surface area contributed by atoms with Crippen LogP contribution in [-0.2, 0) is 20.9 Å². The van der Waals surface area contributed by atoms with Crippen LogP contribution in [0, 0.1) is 0 Å². The number of carbonyl (C=O) groups is 2. The molecule has 1 heterocycles. The first-order chi connectivity index (χ1) is 14.5. The fourth-order valence-corrected chi connectivity index (χ4v) is 3.83. The first-order valence-corrected chi connectivity index (χ1v) is 10.3. The number of benzene rings is 2. The van der Waals surface area contributed by atoms with E-state index in [4.69, 9.17) is 14.2 Å². The molecule has 0 N–H and O–H groups in total. The fraction of sp³-hybridized carbons (Fsp3) is 0.318. The highest BCUT2D eigenvalue weighted by atomic mass is 32.1. The van der Waals surface area contributed by atoms with Crippen LogP contribution in [0.5, 0.6) is 11.5 Å². The van der Waals surface area contributed by atoms with Crippen molar-refractivity contribution in [2.45, 2.75) is 26.0 Å². The Bertz CT molecular complexity index is 969. The first-order valence-electron chi connectivity index (χ1n) is 9.52. The second kappa shape index (κ2) is 10.1. The molecule has 3 rings (SSSR count). The highest BCUT2D eigenvalue weighted by Crippen LogP contribution is 2.22. The Labute approximate surface area is 179 Å². The number of hydrogen-bond donors (Lipinski definition) is 0. The molecule has 0 fully saturated rings. The van der Waals surface area contributed by atoms with Gasteiger partial charge in [-0.25, -0.2) is 4.98 Å². The number of thiazole rings is 1. The lowest BCUT2D eigenvalue weighted by atomic mass is 10.3. The number of ether oxygens (including phenoxy) is 3. The zero-order valence-electron chi connectivity index (χ0n) is 17.2. The van der Waals surface area contributed by atoms with Gasteiger partial charge in [-0.3, -0.25) is 9.59 Å². The number of nitrogens with zero attached hydrogens (tertiary/aromatic N) is 2. The summed E-state index contributed by atoms with van der Waals surface area (Å²) in [4.78, 5) is 30.6. The number of fused-ring (bicyclic) bond motifs is 1. The topological polar surface area (TPSA) is 78.0 Å². The minimum absolute atomic E-state index is 0.0469. The van der Waals surface area contributed by atoms with Gasteiger partial charge in [-0.05, 0) is 43.3 Å². The minimum atomic E-state index is -0.877. The SMILES string of the molecule is COc1ccc(OCCC(=O)OC(C)C(=O)N(C)Cc2nc3ccccc3s2)cc1. The largest absolute Gasteiger partial charge is 0.497 e. The number of methoxy groups -OCH3 is 1. The lowest BCUT2D eigenvalue weighted by molar-refractivity contribution is -0.159. The van der Waals surface area contributed by atoms with E-state index >= 15 is 0 Å². The monoisotopic (exact) mass is 428 g/mol. The number of likely N-dealkylation sites (N-methyl/N-ethyl adjacent to an activating group) is 1. The Hall–Kier alpha value is -3.13. The molecule has 7 nitrogen and oxygen atoms in total. The third-order valence-electron chi connectivity index (χ3n) is 4.38. The number of amides is 1. The van der Waals surface area contributed by atoms with Crippen LogP contribution in [0.3, 0.4) is 0 Å². The molecule has 30 heavy (non-hydrogen) atoms. The smallest absolute Gasteiger partial charge is 0.310 e. The Morgan fingerprint density at radius 3 is 2.50 bits per heavy atom. The standard InChI is InChI=1S/C22H24N2O5S/c1-15(29-21(25)12-13-28-17-10-8-16(27-3)9-11-17)22(26)24(2)14-20-23-18-6-4-5-7-19(18)30-20/h4-11,15H,12-14H2,1-3H3. The van der Waals surface area contributed by atoms with Gasteiger partial charge in [-0.2, -0.15) is 0 Å². The average molecular weight is 429 g/mol. The summed E-state index contributed by atoms with van der Waals surface area (Å²) in [6, 6.07) is 14.9. The van der Waals surface area contributed by atoms with Crippen LogP contribution in [0.15, 0.2) is 48.5 Å². The zero-order valence-corrected chi connectivity index (χ0v) is 18.0. The average Bonchev–Trinajstić information content (AvgIpc) is 3.15. The van der Waals surface area contributed by atoms with Crippen LogP contribution in [0.4, 0.5) is 0 Å². The maximum Gasteiger partial charge on any atom is 0.310 e. The van der Waals surface area contributed by atoms with Gasteiger partial charge in [0.2, 0.25) is 0 Å². The van der Waals surface area contributed by atoms with E-state index in [9.17, 15) is 9.59 Å². The predicted molar refractivity (Wildman–Crippen MR) is 115 cm³/mol. The third-order valence-corrected chi connectivity index (χ3v) is 5.40. The number of esters is 1. The molecule has 0 spiro atoms. The summed E-state index contributed by atoms with van der Waals surface area (Å²) < 4.78 is 16.9. The maximum absolute atomic E-state index is 12.5. The van der Waals surface area contributed by atoms with E-state index < -0.39 is 12.1 Å². The Kier molecular flexibility index (Phi) is 7.24. The summed E-state index contributed by atoms with van der Waals surface area (Å²) in [5.41, 5.74) is 0.912. The molecule has 0 saturated heterocycles. The second-order valence-electron chi connectivity index (χ2n) is 6.68. The Morgan fingerprint density at radius 2 is 1.80 bits per heavy atom. The molecular formula is C22H24N2O5S. The molecule has 0 aliphatic carbocycles. The van der Waals surface area contributed by atoms with Gasteiger partial charge in [-0.15, -0.1) is 11.3 Å². The van der Waals surface area contributed by atoms with Crippen molar-refractivity contribution in [3.63, 3.8) is 0 Å². The maximum atomic E-state index is 12.5. The predicted octanol–water partition coefficient (Wildman–Crippen LogP) is 3.66. The van der Waals surface area contributed by atoms with Crippen LogP contribution < -0.4 is 9.47 Å². The van der Waals surface area contributed by atoms with Gasteiger partial charge in [0.05, 0.1) is 36.9 Å². The summed E-state index contributed by atoms with van der Waals surface area (Å²) in [5, 5.41) is 0.832. The highest BCUT2D eigenvalue weighted by molar-refractivity contribution is 7.18. The van der Waals surface area contributed by atoms with E-state index in [2.05, 4.69) is 4.98 Å². The van der Waals surface area contributed by atoms with Gasteiger partial charge in [0.1, 0.15) is 16.5 Å².